The van der Waals surface area contributed by atoms with Crippen LogP contribution in [0.4, 0.5) is 9.18 Å². The van der Waals surface area contributed by atoms with E-state index in [1.807, 2.05) is 0 Å². The van der Waals surface area contributed by atoms with Gasteiger partial charge in [0.1, 0.15) is 17.2 Å². The summed E-state index contributed by atoms with van der Waals surface area (Å²) in [6.45, 7) is 0. The number of fused-ring (bicyclic) bond motifs is 1. The van der Waals surface area contributed by atoms with Crippen molar-refractivity contribution in [2.24, 2.45) is 0 Å². The second-order valence-electron chi connectivity index (χ2n) is 7.68. The summed E-state index contributed by atoms with van der Waals surface area (Å²) < 4.78 is 16.5. The van der Waals surface area contributed by atoms with Gasteiger partial charge < -0.3 is 20.1 Å². The highest BCUT2D eigenvalue weighted by molar-refractivity contribution is 5.81. The maximum atomic E-state index is 14.8. The van der Waals surface area contributed by atoms with Crippen LogP contribution in [0.5, 0.6) is 0 Å². The molecule has 0 radical (unpaired) electrons. The molecule has 0 bridgehead atoms. The van der Waals surface area contributed by atoms with Crippen LogP contribution in [0.2, 0.25) is 0 Å². The minimum atomic E-state index is -1.20. The topological polar surface area (TPSA) is 131 Å². The molecule has 5 rings (SSSR count). The molecule has 1 saturated carbocycles. The molecular formula is C21H20FN7O3. The predicted molar refractivity (Wildman–Crippen MR) is 112 cm³/mol. The van der Waals surface area contributed by atoms with Crippen molar-refractivity contribution in [1.29, 1.82) is 0 Å². The number of imidazole rings is 1. The maximum Gasteiger partial charge on any atom is 0.404 e. The molecule has 3 unspecified atom stereocenters. The van der Waals surface area contributed by atoms with Crippen molar-refractivity contribution in [3.63, 3.8) is 0 Å². The molecule has 0 saturated heterocycles. The molecule has 1 aliphatic carbocycles. The number of carbonyl (C=O) groups is 1. The van der Waals surface area contributed by atoms with E-state index >= 15 is 0 Å². The van der Waals surface area contributed by atoms with E-state index in [4.69, 9.17) is 5.11 Å². The second-order valence-corrected chi connectivity index (χ2v) is 7.68. The summed E-state index contributed by atoms with van der Waals surface area (Å²) in [5.74, 6) is 0.330. The fourth-order valence-electron chi connectivity index (χ4n) is 4.35. The Labute approximate surface area is 181 Å². The van der Waals surface area contributed by atoms with Gasteiger partial charge in [-0.1, -0.05) is 12.1 Å². The molecule has 1 aromatic carbocycles. The van der Waals surface area contributed by atoms with Crippen LogP contribution in [0.3, 0.4) is 0 Å². The number of aromatic nitrogens is 6. The van der Waals surface area contributed by atoms with Crippen molar-refractivity contribution >= 4 is 17.1 Å². The molecular weight excluding hydrogens is 417 g/mol. The first-order chi connectivity index (χ1) is 15.5. The largest absolute Gasteiger partial charge is 0.465 e. The number of hydrogen-bond acceptors (Lipinski definition) is 6. The zero-order valence-corrected chi connectivity index (χ0v) is 16.8. The summed E-state index contributed by atoms with van der Waals surface area (Å²) in [5.41, 5.74) is 1.41. The number of nitrogens with one attached hydrogen (secondary N) is 1. The number of rotatable bonds is 4. The summed E-state index contributed by atoms with van der Waals surface area (Å²) in [7, 11) is 0. The second kappa shape index (κ2) is 8.00. The quantitative estimate of drug-likeness (QED) is 0.447. The molecule has 10 nitrogen and oxygen atoms in total. The molecule has 3 aromatic heterocycles. The Kier molecular flexibility index (Phi) is 5.02. The van der Waals surface area contributed by atoms with E-state index in [2.05, 4.69) is 25.5 Å². The maximum absolute atomic E-state index is 14.8. The molecule has 4 aromatic rings. The summed E-state index contributed by atoms with van der Waals surface area (Å²) >= 11 is 0. The van der Waals surface area contributed by atoms with Crippen LogP contribution in [-0.4, -0.2) is 58.0 Å². The van der Waals surface area contributed by atoms with Gasteiger partial charge in [-0.3, -0.25) is 0 Å². The third-order valence-corrected chi connectivity index (χ3v) is 5.76. The molecule has 32 heavy (non-hydrogen) atoms. The van der Waals surface area contributed by atoms with Crippen LogP contribution in [-0.2, 0) is 0 Å². The third kappa shape index (κ3) is 3.46. The van der Waals surface area contributed by atoms with Crippen molar-refractivity contribution in [3.05, 3.63) is 54.7 Å². The Bertz CT molecular complexity index is 1270. The zero-order chi connectivity index (χ0) is 22.2. The van der Waals surface area contributed by atoms with Gasteiger partial charge in [0.15, 0.2) is 5.82 Å². The average molecular weight is 437 g/mol. The highest BCUT2D eigenvalue weighted by Gasteiger charge is 2.36. The molecule has 3 atom stereocenters. The minimum absolute atomic E-state index is 0.281. The van der Waals surface area contributed by atoms with Gasteiger partial charge in [-0.05, 0) is 31.4 Å². The Balaban J connectivity index is 1.70. The minimum Gasteiger partial charge on any atom is -0.465 e. The van der Waals surface area contributed by atoms with Gasteiger partial charge >= 0.3 is 6.09 Å². The zero-order valence-electron chi connectivity index (χ0n) is 16.8. The number of hydrogen-bond donors (Lipinski definition) is 3. The number of halogens is 1. The molecule has 1 amide bonds. The summed E-state index contributed by atoms with van der Waals surface area (Å²) in [6, 6.07) is 6.84. The number of carboxylic acid groups (broad SMARTS) is 1. The number of benzene rings is 1. The van der Waals surface area contributed by atoms with Crippen LogP contribution in [0, 0.1) is 5.82 Å². The van der Waals surface area contributed by atoms with Gasteiger partial charge in [-0.15, -0.1) is 4.80 Å². The van der Waals surface area contributed by atoms with Gasteiger partial charge in [0.05, 0.1) is 47.9 Å². The van der Waals surface area contributed by atoms with Crippen molar-refractivity contribution < 1.29 is 19.4 Å². The smallest absolute Gasteiger partial charge is 0.404 e. The van der Waals surface area contributed by atoms with E-state index in [1.165, 1.54) is 23.3 Å². The molecule has 3 N–H and O–H groups in total. The van der Waals surface area contributed by atoms with Gasteiger partial charge in [0, 0.05) is 6.07 Å². The van der Waals surface area contributed by atoms with E-state index in [9.17, 15) is 14.3 Å². The number of nitrogens with zero attached hydrogens (tertiary/aromatic N) is 6. The first kappa shape index (κ1) is 20.1. The Morgan fingerprint density at radius 1 is 1.19 bits per heavy atom. The molecule has 0 spiro atoms. The van der Waals surface area contributed by atoms with Crippen LogP contribution >= 0.6 is 0 Å². The van der Waals surface area contributed by atoms with Crippen molar-refractivity contribution in [1.82, 2.24) is 34.8 Å². The van der Waals surface area contributed by atoms with Crippen molar-refractivity contribution in [3.8, 4) is 17.2 Å². The van der Waals surface area contributed by atoms with Gasteiger partial charge in [0.2, 0.25) is 0 Å². The Morgan fingerprint density at radius 3 is 2.72 bits per heavy atom. The standard InChI is InChI=1S/C21H20FN7O3/c22-13-5-2-1-4-12(13)20-26-15-11-23-18(29-24-8-9-25-29)10-17(15)28(20)16-7-3-6-14(19(16)30)27-21(31)32/h1-2,4-5,8-11,14,16,19,27,30H,3,6-7H2,(H,31,32). The summed E-state index contributed by atoms with van der Waals surface area (Å²) in [4.78, 5) is 21.5. The van der Waals surface area contributed by atoms with E-state index in [-0.39, 0.29) is 5.56 Å². The fourth-order valence-corrected chi connectivity index (χ4v) is 4.35. The normalized spacial score (nSPS) is 21.0. The lowest BCUT2D eigenvalue weighted by molar-refractivity contribution is 0.0453. The first-order valence-electron chi connectivity index (χ1n) is 10.2. The van der Waals surface area contributed by atoms with Gasteiger partial charge in [-0.2, -0.15) is 10.2 Å². The van der Waals surface area contributed by atoms with Crippen molar-refractivity contribution in [2.45, 2.75) is 37.5 Å². The van der Waals surface area contributed by atoms with E-state index in [0.717, 1.165) is 0 Å². The SMILES string of the molecule is O=C(O)NC1CCCC(n2c(-c3ccccc3F)nc3cnc(-n4nccn4)cc32)C1O. The van der Waals surface area contributed by atoms with Crippen LogP contribution < -0.4 is 5.32 Å². The number of pyridine rings is 1. The summed E-state index contributed by atoms with van der Waals surface area (Å²) in [5, 5.41) is 30.9. The highest BCUT2D eigenvalue weighted by Crippen LogP contribution is 2.37. The molecule has 164 valence electrons. The monoisotopic (exact) mass is 437 g/mol. The highest BCUT2D eigenvalue weighted by atomic mass is 19.1. The van der Waals surface area contributed by atoms with Crippen molar-refractivity contribution in [2.75, 3.05) is 0 Å². The number of amides is 1. The van der Waals surface area contributed by atoms with E-state index in [0.29, 0.717) is 41.9 Å². The lowest BCUT2D eigenvalue weighted by Crippen LogP contribution is -2.49. The molecule has 0 aliphatic heterocycles. The number of aliphatic hydroxyl groups is 1. The predicted octanol–water partition coefficient (Wildman–Crippen LogP) is 2.54. The Hall–Kier alpha value is -3.86. The first-order valence-corrected chi connectivity index (χ1v) is 10.2. The average Bonchev–Trinajstić information content (AvgIpc) is 3.43. The molecule has 11 heteroatoms. The Morgan fingerprint density at radius 2 is 1.97 bits per heavy atom. The lowest BCUT2D eigenvalue weighted by Gasteiger charge is -2.36. The van der Waals surface area contributed by atoms with E-state index in [1.54, 1.807) is 35.0 Å². The van der Waals surface area contributed by atoms with E-state index < -0.39 is 30.1 Å². The summed E-state index contributed by atoms with van der Waals surface area (Å²) in [6.07, 6.45) is 4.15. The lowest BCUT2D eigenvalue weighted by atomic mass is 9.87. The number of aliphatic hydroxyl groups excluding tert-OH is 1. The fraction of sp³-hybridized carbons (Fsp3) is 0.286. The van der Waals surface area contributed by atoms with Gasteiger partial charge in [-0.25, -0.2) is 19.2 Å². The molecule has 1 aliphatic rings. The van der Waals surface area contributed by atoms with Crippen LogP contribution in [0.15, 0.2) is 48.9 Å². The van der Waals surface area contributed by atoms with Crippen LogP contribution in [0.1, 0.15) is 25.3 Å². The van der Waals surface area contributed by atoms with Crippen LogP contribution in [0.25, 0.3) is 28.2 Å². The van der Waals surface area contributed by atoms with Gasteiger partial charge in [0.25, 0.3) is 0 Å². The molecule has 3 heterocycles. The third-order valence-electron chi connectivity index (χ3n) is 5.76. The molecule has 1 fully saturated rings.